The number of hydrogen-bond acceptors (Lipinski definition) is 6. The number of carbonyl (C=O) groups is 1. The van der Waals surface area contributed by atoms with Crippen LogP contribution in [0.1, 0.15) is 33.2 Å². The number of morpholine rings is 1. The van der Waals surface area contributed by atoms with Crippen LogP contribution in [0.25, 0.3) is 11.1 Å². The Kier molecular flexibility index (Phi) is 6.79. The number of pyridine rings is 1. The average Bonchev–Trinajstić information content (AvgIpc) is 3.23. The molecule has 1 aliphatic heterocycles. The molecule has 186 valence electrons. The van der Waals surface area contributed by atoms with E-state index in [0.29, 0.717) is 16.9 Å². The van der Waals surface area contributed by atoms with E-state index in [4.69, 9.17) is 9.26 Å². The normalized spacial score (nSPS) is 16.4. The van der Waals surface area contributed by atoms with Gasteiger partial charge >= 0.3 is 6.18 Å². The molecule has 1 amide bonds. The monoisotopic (exact) mass is 492 g/mol. The van der Waals surface area contributed by atoms with Gasteiger partial charge in [0.15, 0.2) is 17.6 Å². The van der Waals surface area contributed by atoms with Crippen molar-refractivity contribution in [2.45, 2.75) is 39.6 Å². The van der Waals surface area contributed by atoms with Crippen molar-refractivity contribution in [3.63, 3.8) is 0 Å². The molecule has 1 aromatic carbocycles. The maximum atomic E-state index is 15.9. The van der Waals surface area contributed by atoms with Crippen LogP contribution in [0.3, 0.4) is 0 Å². The minimum Gasteiger partial charge on any atom is -0.365 e. The lowest BCUT2D eigenvalue weighted by atomic mass is 9.97. The highest BCUT2D eigenvalue weighted by atomic mass is 19.4. The molecule has 2 aromatic heterocycles. The highest BCUT2D eigenvalue weighted by molar-refractivity contribution is 5.92. The first-order valence-corrected chi connectivity index (χ1v) is 10.9. The van der Waals surface area contributed by atoms with Crippen LogP contribution in [0.4, 0.5) is 23.2 Å². The number of aromatic nitrogens is 2. The Morgan fingerprint density at radius 1 is 1.17 bits per heavy atom. The zero-order valence-electron chi connectivity index (χ0n) is 19.4. The number of rotatable bonds is 5. The van der Waals surface area contributed by atoms with Crippen molar-refractivity contribution in [2.75, 3.05) is 24.6 Å². The smallest absolute Gasteiger partial charge is 0.365 e. The summed E-state index contributed by atoms with van der Waals surface area (Å²) in [7, 11) is 0. The Bertz CT molecular complexity index is 1220. The predicted molar refractivity (Wildman–Crippen MR) is 120 cm³/mol. The summed E-state index contributed by atoms with van der Waals surface area (Å²) in [6, 6.07) is 8.11. The highest BCUT2D eigenvalue weighted by Gasteiger charge is 2.43. The lowest BCUT2D eigenvalue weighted by Crippen LogP contribution is -2.49. The minimum absolute atomic E-state index is 0.00956. The molecule has 1 atom stereocenters. The molecule has 1 aliphatic rings. The van der Waals surface area contributed by atoms with E-state index in [2.05, 4.69) is 15.5 Å². The Labute approximate surface area is 199 Å². The summed E-state index contributed by atoms with van der Waals surface area (Å²) in [6.07, 6.45) is -6.58. The Balaban J connectivity index is 1.71. The van der Waals surface area contributed by atoms with Crippen molar-refractivity contribution in [2.24, 2.45) is 0 Å². The Hall–Kier alpha value is -3.47. The molecule has 0 radical (unpaired) electrons. The Morgan fingerprint density at radius 3 is 2.51 bits per heavy atom. The van der Waals surface area contributed by atoms with Crippen LogP contribution in [0.5, 0.6) is 0 Å². The summed E-state index contributed by atoms with van der Waals surface area (Å²) in [6.45, 7) is 4.41. The zero-order chi connectivity index (χ0) is 25.3. The number of hydrogen-bond donors (Lipinski definition) is 1. The van der Waals surface area contributed by atoms with Gasteiger partial charge in [-0.3, -0.25) is 9.78 Å². The number of aryl methyl sites for hydroxylation is 3. The van der Waals surface area contributed by atoms with Crippen LogP contribution >= 0.6 is 0 Å². The second kappa shape index (κ2) is 9.65. The lowest BCUT2D eigenvalue weighted by molar-refractivity contribution is -0.221. The van der Waals surface area contributed by atoms with E-state index < -0.39 is 30.5 Å². The molecule has 3 heterocycles. The molecular formula is C24H24F4N4O3. The van der Waals surface area contributed by atoms with E-state index in [1.807, 2.05) is 0 Å². The molecule has 0 aliphatic carbocycles. The second-order valence-corrected chi connectivity index (χ2v) is 8.42. The average molecular weight is 492 g/mol. The van der Waals surface area contributed by atoms with Gasteiger partial charge in [0.05, 0.1) is 18.8 Å². The number of anilines is 1. The van der Waals surface area contributed by atoms with Crippen molar-refractivity contribution in [1.29, 1.82) is 0 Å². The third kappa shape index (κ3) is 5.45. The molecule has 1 fully saturated rings. The van der Waals surface area contributed by atoms with E-state index in [9.17, 15) is 18.0 Å². The first-order chi connectivity index (χ1) is 16.5. The van der Waals surface area contributed by atoms with Crippen LogP contribution in [0, 0.1) is 26.6 Å². The predicted octanol–water partition coefficient (Wildman–Crippen LogP) is 4.50. The Morgan fingerprint density at radius 2 is 1.89 bits per heavy atom. The molecule has 0 unspecified atom stereocenters. The first-order valence-electron chi connectivity index (χ1n) is 10.9. The summed E-state index contributed by atoms with van der Waals surface area (Å²) < 4.78 is 65.4. The van der Waals surface area contributed by atoms with Gasteiger partial charge in [-0.1, -0.05) is 11.2 Å². The number of nitrogens with zero attached hydrogens (tertiary/aromatic N) is 3. The molecule has 1 N–H and O–H groups in total. The van der Waals surface area contributed by atoms with E-state index in [1.54, 1.807) is 39.0 Å². The van der Waals surface area contributed by atoms with Crippen LogP contribution in [0.15, 0.2) is 34.9 Å². The van der Waals surface area contributed by atoms with E-state index in [1.165, 1.54) is 17.0 Å². The molecule has 0 saturated carbocycles. The van der Waals surface area contributed by atoms with Crippen molar-refractivity contribution in [3.05, 3.63) is 64.6 Å². The van der Waals surface area contributed by atoms with Gasteiger partial charge in [0, 0.05) is 36.1 Å². The third-order valence-electron chi connectivity index (χ3n) is 5.67. The molecule has 4 rings (SSSR count). The molecule has 11 heteroatoms. The van der Waals surface area contributed by atoms with Crippen LogP contribution in [0.2, 0.25) is 0 Å². The molecule has 1 saturated heterocycles. The molecule has 3 aromatic rings. The number of ether oxygens (including phenoxy) is 1. The van der Waals surface area contributed by atoms with E-state index in [-0.39, 0.29) is 36.6 Å². The van der Waals surface area contributed by atoms with E-state index in [0.717, 1.165) is 11.4 Å². The fourth-order valence-corrected chi connectivity index (χ4v) is 4.09. The third-order valence-corrected chi connectivity index (χ3v) is 5.67. The molecular weight excluding hydrogens is 468 g/mol. The second-order valence-electron chi connectivity index (χ2n) is 8.42. The summed E-state index contributed by atoms with van der Waals surface area (Å²) in [4.78, 5) is 18.2. The van der Waals surface area contributed by atoms with Crippen LogP contribution in [-0.4, -0.2) is 48.0 Å². The summed E-state index contributed by atoms with van der Waals surface area (Å²) >= 11 is 0. The van der Waals surface area contributed by atoms with Gasteiger partial charge in [-0.2, -0.15) is 13.2 Å². The summed E-state index contributed by atoms with van der Waals surface area (Å²) in [5.74, 6) is -0.837. The minimum atomic E-state index is -4.56. The lowest BCUT2D eigenvalue weighted by Gasteiger charge is -2.35. The van der Waals surface area contributed by atoms with Crippen molar-refractivity contribution < 1.29 is 31.6 Å². The van der Waals surface area contributed by atoms with Gasteiger partial charge in [0.1, 0.15) is 5.76 Å². The SMILES string of the molecule is Cc1cc(-c2ccc(N3CCO[C@H](C(F)(F)F)C3)c(F)c2CNC(=O)c2cc(C)on2)cc(C)n1. The topological polar surface area (TPSA) is 80.5 Å². The van der Waals surface area contributed by atoms with Gasteiger partial charge in [0.25, 0.3) is 5.91 Å². The maximum absolute atomic E-state index is 15.9. The first kappa shape index (κ1) is 24.6. The number of nitrogens with one attached hydrogen (secondary N) is 1. The fraction of sp³-hybridized carbons (Fsp3) is 0.375. The number of benzene rings is 1. The number of halogens is 4. The number of alkyl halides is 3. The van der Waals surface area contributed by atoms with Gasteiger partial charge in [-0.25, -0.2) is 4.39 Å². The van der Waals surface area contributed by atoms with Gasteiger partial charge in [-0.15, -0.1) is 0 Å². The standard InChI is InChI=1S/C24H24F4N4O3/c1-13-8-16(9-14(2)30-13)17-4-5-20(32-6-7-34-21(12-32)24(26,27)28)22(25)18(17)11-29-23(33)19-10-15(3)35-31-19/h4-5,8-10,21H,6-7,11-12H2,1-3H3,(H,29,33)/t21-/m0/s1. The van der Waals surface area contributed by atoms with Gasteiger partial charge < -0.3 is 19.5 Å². The van der Waals surface area contributed by atoms with E-state index >= 15 is 4.39 Å². The van der Waals surface area contributed by atoms with Crippen molar-refractivity contribution >= 4 is 11.6 Å². The fourth-order valence-electron chi connectivity index (χ4n) is 4.09. The van der Waals surface area contributed by atoms with Crippen LogP contribution < -0.4 is 10.2 Å². The van der Waals surface area contributed by atoms with Gasteiger partial charge in [0.2, 0.25) is 0 Å². The van der Waals surface area contributed by atoms with Gasteiger partial charge in [-0.05, 0) is 50.1 Å². The maximum Gasteiger partial charge on any atom is 0.416 e. The van der Waals surface area contributed by atoms with Crippen LogP contribution in [-0.2, 0) is 11.3 Å². The molecule has 35 heavy (non-hydrogen) atoms. The largest absolute Gasteiger partial charge is 0.416 e. The van der Waals surface area contributed by atoms with Crippen molar-refractivity contribution in [3.8, 4) is 11.1 Å². The quantitative estimate of drug-likeness (QED) is 0.529. The number of carbonyl (C=O) groups excluding carboxylic acids is 1. The highest BCUT2D eigenvalue weighted by Crippen LogP contribution is 2.35. The molecule has 7 nitrogen and oxygen atoms in total. The molecule has 0 bridgehead atoms. The summed E-state index contributed by atoms with van der Waals surface area (Å²) in [5, 5.41) is 6.29. The molecule has 0 spiro atoms. The zero-order valence-corrected chi connectivity index (χ0v) is 19.4. The summed E-state index contributed by atoms with van der Waals surface area (Å²) in [5.41, 5.74) is 2.80. The van der Waals surface area contributed by atoms with Crippen molar-refractivity contribution in [1.82, 2.24) is 15.5 Å². The number of amides is 1.